The second-order valence-corrected chi connectivity index (χ2v) is 10.2. The molecule has 0 aliphatic rings. The van der Waals surface area contributed by atoms with E-state index in [4.69, 9.17) is 9.47 Å². The van der Waals surface area contributed by atoms with Gasteiger partial charge in [0, 0.05) is 30.2 Å². The van der Waals surface area contributed by atoms with Crippen LogP contribution in [0.3, 0.4) is 0 Å². The van der Waals surface area contributed by atoms with Crippen molar-refractivity contribution >= 4 is 28.4 Å². The Kier molecular flexibility index (Phi) is 9.64. The Morgan fingerprint density at radius 1 is 0.744 bits per heavy atom. The summed E-state index contributed by atoms with van der Waals surface area (Å²) in [5.74, 6) is 1.20. The summed E-state index contributed by atoms with van der Waals surface area (Å²) >= 11 is 0. The Hall–Kier alpha value is -5.17. The van der Waals surface area contributed by atoms with E-state index in [1.165, 1.54) is 0 Å². The van der Waals surface area contributed by atoms with Gasteiger partial charge < -0.3 is 19.7 Å². The summed E-state index contributed by atoms with van der Waals surface area (Å²) in [4.78, 5) is 32.5. The van der Waals surface area contributed by atoms with Gasteiger partial charge in [-0.2, -0.15) is 0 Å². The number of benzene rings is 4. The van der Waals surface area contributed by atoms with Gasteiger partial charge in [-0.25, -0.2) is 0 Å². The number of nitrogens with zero attached hydrogens (tertiary/aromatic N) is 2. The third kappa shape index (κ3) is 7.57. The van der Waals surface area contributed by atoms with Gasteiger partial charge >= 0.3 is 0 Å². The van der Waals surface area contributed by atoms with Gasteiger partial charge in [-0.3, -0.25) is 14.6 Å². The highest BCUT2D eigenvalue weighted by atomic mass is 16.5. The van der Waals surface area contributed by atoms with Crippen LogP contribution in [0.4, 0.5) is 5.69 Å². The second-order valence-electron chi connectivity index (χ2n) is 10.2. The molecule has 0 unspecified atom stereocenters. The Labute approximate surface area is 252 Å². The summed E-state index contributed by atoms with van der Waals surface area (Å²) in [6.07, 6.45) is 3.32. The van der Waals surface area contributed by atoms with Crippen molar-refractivity contribution in [1.82, 2.24) is 10.3 Å². The smallest absolute Gasteiger partial charge is 0.260 e. The van der Waals surface area contributed by atoms with Crippen molar-refractivity contribution in [2.24, 2.45) is 0 Å². The van der Waals surface area contributed by atoms with Gasteiger partial charge in [-0.05, 0) is 65.9 Å². The molecule has 0 saturated carbocycles. The number of amides is 2. The maximum Gasteiger partial charge on any atom is 0.260 e. The van der Waals surface area contributed by atoms with Crippen LogP contribution < -0.4 is 19.7 Å². The largest absolute Gasteiger partial charge is 0.493 e. The number of carbonyl (C=O) groups excluding carboxylic acids is 2. The van der Waals surface area contributed by atoms with Gasteiger partial charge in [0.1, 0.15) is 0 Å². The number of pyridine rings is 1. The molecular weight excluding hydrogens is 538 g/mol. The highest BCUT2D eigenvalue weighted by Gasteiger charge is 2.19. The highest BCUT2D eigenvalue weighted by molar-refractivity contribution is 6.07. The fraction of sp³-hybridized carbons (Fsp3) is 0.194. The molecule has 5 aromatic rings. The molecule has 0 bridgehead atoms. The molecule has 0 radical (unpaired) electrons. The number of nitrogens with one attached hydrogen (secondary N) is 1. The third-order valence-corrected chi connectivity index (χ3v) is 7.34. The average Bonchev–Trinajstić information content (AvgIpc) is 3.06. The van der Waals surface area contributed by atoms with E-state index in [0.717, 1.165) is 33.3 Å². The van der Waals surface area contributed by atoms with Crippen LogP contribution in [-0.2, 0) is 24.2 Å². The van der Waals surface area contributed by atoms with Crippen molar-refractivity contribution in [3.05, 3.63) is 132 Å². The van der Waals surface area contributed by atoms with E-state index in [1.54, 1.807) is 25.3 Å². The van der Waals surface area contributed by atoms with Gasteiger partial charge in [0.05, 0.1) is 31.8 Å². The van der Waals surface area contributed by atoms with E-state index in [2.05, 4.69) is 10.3 Å². The molecule has 0 aliphatic carbocycles. The number of rotatable bonds is 12. The second kappa shape index (κ2) is 14.1. The minimum atomic E-state index is -0.114. The van der Waals surface area contributed by atoms with E-state index < -0.39 is 0 Å². The quantitative estimate of drug-likeness (QED) is 0.187. The Morgan fingerprint density at radius 2 is 1.47 bits per heavy atom. The molecule has 0 saturated heterocycles. The SMILES string of the molecule is COc1ccc(CCC(=O)NCCc2ccc(N(Cc3ccccc3)C(=O)c3cnc4ccccc4c3)cc2)cc1OC. The lowest BCUT2D eigenvalue weighted by Crippen LogP contribution is -2.30. The van der Waals surface area contributed by atoms with Crippen molar-refractivity contribution < 1.29 is 19.1 Å². The van der Waals surface area contributed by atoms with Gasteiger partial charge in [-0.15, -0.1) is 0 Å². The van der Waals surface area contributed by atoms with Gasteiger partial charge in [0.2, 0.25) is 5.91 Å². The topological polar surface area (TPSA) is 80.8 Å². The zero-order valence-electron chi connectivity index (χ0n) is 24.5. The molecule has 1 N–H and O–H groups in total. The summed E-state index contributed by atoms with van der Waals surface area (Å²) < 4.78 is 10.6. The van der Waals surface area contributed by atoms with Crippen molar-refractivity contribution in [2.45, 2.75) is 25.8 Å². The first-order valence-electron chi connectivity index (χ1n) is 14.3. The number of methoxy groups -OCH3 is 2. The van der Waals surface area contributed by atoms with E-state index in [-0.39, 0.29) is 11.8 Å². The fourth-order valence-corrected chi connectivity index (χ4v) is 4.96. The number of anilines is 1. The summed E-state index contributed by atoms with van der Waals surface area (Å²) in [6, 6.07) is 33.2. The van der Waals surface area contributed by atoms with Crippen molar-refractivity contribution in [3.63, 3.8) is 0 Å². The van der Waals surface area contributed by atoms with Crippen LogP contribution in [0.15, 0.2) is 109 Å². The number of hydrogen-bond acceptors (Lipinski definition) is 5. The maximum absolute atomic E-state index is 13.8. The standard InChI is InChI=1S/C36H35N3O4/c1-42-33-18-14-27(22-34(33)43-2)15-19-35(40)37-21-20-26-12-16-31(17-13-26)39(25-28-8-4-3-5-9-28)36(41)30-23-29-10-6-7-11-32(29)38-24-30/h3-14,16-18,22-24H,15,19-21,25H2,1-2H3,(H,37,40). The van der Waals surface area contributed by atoms with Crippen LogP contribution in [0.2, 0.25) is 0 Å². The molecular formula is C36H35N3O4. The molecule has 0 aliphatic heterocycles. The van der Waals surface area contributed by atoms with Crippen LogP contribution in [0, 0.1) is 0 Å². The number of aromatic nitrogens is 1. The Bertz CT molecular complexity index is 1690. The van der Waals surface area contributed by atoms with Crippen molar-refractivity contribution in [2.75, 3.05) is 25.7 Å². The van der Waals surface area contributed by atoms with Gasteiger partial charge in [0.15, 0.2) is 11.5 Å². The van der Waals surface area contributed by atoms with Gasteiger partial charge in [0.25, 0.3) is 5.91 Å². The lowest BCUT2D eigenvalue weighted by molar-refractivity contribution is -0.121. The molecule has 7 nitrogen and oxygen atoms in total. The van der Waals surface area contributed by atoms with E-state index in [9.17, 15) is 9.59 Å². The van der Waals surface area contributed by atoms with E-state index in [0.29, 0.717) is 49.4 Å². The number of fused-ring (bicyclic) bond motifs is 1. The number of aryl methyl sites for hydroxylation is 1. The molecule has 4 aromatic carbocycles. The fourth-order valence-electron chi connectivity index (χ4n) is 4.96. The summed E-state index contributed by atoms with van der Waals surface area (Å²) in [5, 5.41) is 3.94. The molecule has 43 heavy (non-hydrogen) atoms. The number of ether oxygens (including phenoxy) is 2. The third-order valence-electron chi connectivity index (χ3n) is 7.34. The first-order chi connectivity index (χ1) is 21.0. The first-order valence-corrected chi connectivity index (χ1v) is 14.3. The lowest BCUT2D eigenvalue weighted by atomic mass is 10.1. The highest BCUT2D eigenvalue weighted by Crippen LogP contribution is 2.28. The molecule has 1 heterocycles. The lowest BCUT2D eigenvalue weighted by Gasteiger charge is -2.23. The molecule has 1 aromatic heterocycles. The summed E-state index contributed by atoms with van der Waals surface area (Å²) in [5.41, 5.74) is 5.30. The zero-order valence-corrected chi connectivity index (χ0v) is 24.5. The van der Waals surface area contributed by atoms with Crippen molar-refractivity contribution in [3.8, 4) is 11.5 Å². The molecule has 2 amide bonds. The molecule has 0 fully saturated rings. The normalized spacial score (nSPS) is 10.7. The van der Waals surface area contributed by atoms with E-state index in [1.807, 2.05) is 103 Å². The van der Waals surface area contributed by atoms with Crippen LogP contribution in [0.25, 0.3) is 10.9 Å². The van der Waals surface area contributed by atoms with Gasteiger partial charge in [-0.1, -0.05) is 66.7 Å². The Balaban J connectivity index is 1.21. The Morgan fingerprint density at radius 3 is 2.23 bits per heavy atom. The number of hydrogen-bond donors (Lipinski definition) is 1. The maximum atomic E-state index is 13.8. The van der Waals surface area contributed by atoms with Crippen LogP contribution in [0.5, 0.6) is 11.5 Å². The predicted octanol–water partition coefficient (Wildman–Crippen LogP) is 6.39. The number of carbonyl (C=O) groups is 2. The van der Waals surface area contributed by atoms with Crippen LogP contribution in [0.1, 0.15) is 33.5 Å². The molecule has 7 heteroatoms. The van der Waals surface area contributed by atoms with Crippen LogP contribution in [-0.4, -0.2) is 37.6 Å². The van der Waals surface area contributed by atoms with Crippen molar-refractivity contribution in [1.29, 1.82) is 0 Å². The monoisotopic (exact) mass is 573 g/mol. The molecule has 0 atom stereocenters. The summed E-state index contributed by atoms with van der Waals surface area (Å²) in [6.45, 7) is 0.960. The molecule has 218 valence electrons. The molecule has 5 rings (SSSR count). The predicted molar refractivity (Wildman–Crippen MR) is 170 cm³/mol. The van der Waals surface area contributed by atoms with Crippen LogP contribution >= 0.6 is 0 Å². The first kappa shape index (κ1) is 29.3. The van der Waals surface area contributed by atoms with E-state index >= 15 is 0 Å². The number of para-hydroxylation sites is 1. The summed E-state index contributed by atoms with van der Waals surface area (Å²) in [7, 11) is 3.20. The molecule has 0 spiro atoms. The average molecular weight is 574 g/mol. The minimum absolute atomic E-state index is 0.00460. The zero-order chi connectivity index (χ0) is 30.0. The minimum Gasteiger partial charge on any atom is -0.493 e.